The fraction of sp³-hybridized carbons (Fsp3) is 0.826. The second-order valence-electron chi connectivity index (χ2n) is 9.72. The molecule has 2 aliphatic heterocycles. The van der Waals surface area contributed by atoms with Crippen LogP contribution in [-0.4, -0.2) is 192 Å². The third-order valence-electron chi connectivity index (χ3n) is 6.78. The molecule has 2 heterocycles. The van der Waals surface area contributed by atoms with Gasteiger partial charge in [0, 0.05) is 78.5 Å². The third kappa shape index (κ3) is 13.7. The van der Waals surface area contributed by atoms with Crippen LogP contribution in [0.4, 0.5) is 0 Å². The summed E-state index contributed by atoms with van der Waals surface area (Å²) in [5, 5.41) is 36.9. The van der Waals surface area contributed by atoms with E-state index in [4.69, 9.17) is 0 Å². The fourth-order valence-electron chi connectivity index (χ4n) is 4.73. The summed E-state index contributed by atoms with van der Waals surface area (Å²) in [6, 6.07) is 0. The Hall–Kier alpha value is -2.36. The molecule has 14 nitrogen and oxygen atoms in total. The van der Waals surface area contributed by atoms with E-state index >= 15 is 0 Å². The molecule has 0 aromatic rings. The molecule has 2 aliphatic rings. The predicted molar refractivity (Wildman–Crippen MR) is 134 cm³/mol. The van der Waals surface area contributed by atoms with E-state index in [2.05, 4.69) is 9.80 Å². The first-order valence-electron chi connectivity index (χ1n) is 12.8. The predicted octanol–water partition coefficient (Wildman–Crippen LogP) is -2.45. The Morgan fingerprint density at radius 3 is 0.757 bits per heavy atom. The van der Waals surface area contributed by atoms with Crippen LogP contribution in [0.1, 0.15) is 6.42 Å². The highest BCUT2D eigenvalue weighted by molar-refractivity contribution is 5.70. The SMILES string of the molecule is O=C(O)CN1CCN(CCCN2CCN(CC(=O)O)CCN(CC(=O)O)CC2)CCN(CC(=O)O)CC1. The number of hydrogen-bond acceptors (Lipinski definition) is 10. The van der Waals surface area contributed by atoms with Crippen molar-refractivity contribution < 1.29 is 39.6 Å². The fourth-order valence-corrected chi connectivity index (χ4v) is 4.73. The van der Waals surface area contributed by atoms with Gasteiger partial charge in [-0.15, -0.1) is 0 Å². The molecule has 37 heavy (non-hydrogen) atoms. The lowest BCUT2D eigenvalue weighted by Gasteiger charge is -2.28. The summed E-state index contributed by atoms with van der Waals surface area (Å²) < 4.78 is 0. The molecule has 2 rings (SSSR count). The van der Waals surface area contributed by atoms with Gasteiger partial charge in [-0.1, -0.05) is 0 Å². The first-order chi connectivity index (χ1) is 17.6. The van der Waals surface area contributed by atoms with Gasteiger partial charge in [-0.05, 0) is 19.5 Å². The van der Waals surface area contributed by atoms with E-state index in [1.807, 2.05) is 19.6 Å². The molecule has 4 N–H and O–H groups in total. The average molecular weight is 531 g/mol. The number of hydrogen-bond donors (Lipinski definition) is 4. The van der Waals surface area contributed by atoms with E-state index in [0.29, 0.717) is 78.5 Å². The van der Waals surface area contributed by atoms with Gasteiger partial charge in [-0.2, -0.15) is 0 Å². The summed E-state index contributed by atoms with van der Waals surface area (Å²) in [6.45, 7) is 8.30. The van der Waals surface area contributed by atoms with Crippen LogP contribution >= 0.6 is 0 Å². The van der Waals surface area contributed by atoms with E-state index in [1.54, 1.807) is 0 Å². The van der Waals surface area contributed by atoms with Gasteiger partial charge in [0.05, 0.1) is 26.2 Å². The van der Waals surface area contributed by atoms with Crippen molar-refractivity contribution in [3.8, 4) is 0 Å². The van der Waals surface area contributed by atoms with Crippen molar-refractivity contribution in [3.63, 3.8) is 0 Å². The van der Waals surface area contributed by atoms with Gasteiger partial charge < -0.3 is 30.2 Å². The minimum absolute atomic E-state index is 0.0811. The molecule has 2 fully saturated rings. The molecule has 0 saturated carbocycles. The second kappa shape index (κ2) is 16.5. The van der Waals surface area contributed by atoms with E-state index in [1.165, 1.54) is 0 Å². The van der Waals surface area contributed by atoms with Crippen LogP contribution in [0.15, 0.2) is 0 Å². The minimum Gasteiger partial charge on any atom is -0.480 e. The van der Waals surface area contributed by atoms with Crippen molar-refractivity contribution in [1.29, 1.82) is 0 Å². The number of carbonyl (C=O) groups is 4. The van der Waals surface area contributed by atoms with E-state index in [9.17, 15) is 39.6 Å². The van der Waals surface area contributed by atoms with Crippen LogP contribution < -0.4 is 0 Å². The Morgan fingerprint density at radius 2 is 0.568 bits per heavy atom. The van der Waals surface area contributed by atoms with Gasteiger partial charge in [-0.3, -0.25) is 38.8 Å². The van der Waals surface area contributed by atoms with Crippen molar-refractivity contribution in [2.24, 2.45) is 0 Å². The number of rotatable bonds is 12. The summed E-state index contributed by atoms with van der Waals surface area (Å²) in [7, 11) is 0. The van der Waals surface area contributed by atoms with Crippen LogP contribution in [-0.2, 0) is 19.2 Å². The number of nitrogens with zero attached hydrogens (tertiary/aromatic N) is 6. The van der Waals surface area contributed by atoms with E-state index in [-0.39, 0.29) is 26.2 Å². The summed E-state index contributed by atoms with van der Waals surface area (Å²) in [4.78, 5) is 56.8. The number of carboxylic acids is 4. The normalized spacial score (nSPS) is 21.2. The van der Waals surface area contributed by atoms with Crippen molar-refractivity contribution in [1.82, 2.24) is 29.4 Å². The van der Waals surface area contributed by atoms with Crippen molar-refractivity contribution in [3.05, 3.63) is 0 Å². The lowest BCUT2D eigenvalue weighted by Crippen LogP contribution is -2.41. The Morgan fingerprint density at radius 1 is 0.378 bits per heavy atom. The van der Waals surface area contributed by atoms with Gasteiger partial charge in [0.2, 0.25) is 0 Å². The zero-order valence-electron chi connectivity index (χ0n) is 21.5. The maximum absolute atomic E-state index is 11.2. The zero-order valence-corrected chi connectivity index (χ0v) is 21.5. The first-order valence-corrected chi connectivity index (χ1v) is 12.8. The maximum Gasteiger partial charge on any atom is 0.317 e. The highest BCUT2D eigenvalue weighted by atomic mass is 16.4. The molecular weight excluding hydrogens is 488 g/mol. The minimum atomic E-state index is -0.905. The first kappa shape index (κ1) is 30.9. The Bertz CT molecular complexity index is 641. The lowest BCUT2D eigenvalue weighted by atomic mass is 10.3. The van der Waals surface area contributed by atoms with E-state index in [0.717, 1.165) is 19.5 Å². The van der Waals surface area contributed by atoms with Crippen molar-refractivity contribution in [2.75, 3.05) is 118 Å². The van der Waals surface area contributed by atoms with Crippen LogP contribution in [0.5, 0.6) is 0 Å². The summed E-state index contributed by atoms with van der Waals surface area (Å²) in [5.74, 6) is -3.62. The summed E-state index contributed by atoms with van der Waals surface area (Å²) >= 11 is 0. The molecule has 14 heteroatoms. The van der Waals surface area contributed by atoms with Gasteiger partial charge in [0.15, 0.2) is 0 Å². The quantitative estimate of drug-likeness (QED) is 0.210. The third-order valence-corrected chi connectivity index (χ3v) is 6.78. The molecular formula is C23H42N6O8. The molecule has 2 saturated heterocycles. The van der Waals surface area contributed by atoms with Crippen LogP contribution in [0, 0.1) is 0 Å². The number of carboxylic acid groups (broad SMARTS) is 4. The van der Waals surface area contributed by atoms with Crippen molar-refractivity contribution >= 4 is 23.9 Å². The van der Waals surface area contributed by atoms with Crippen molar-refractivity contribution in [2.45, 2.75) is 6.42 Å². The lowest BCUT2D eigenvalue weighted by molar-refractivity contribution is -0.140. The van der Waals surface area contributed by atoms with Gasteiger partial charge in [-0.25, -0.2) is 0 Å². The monoisotopic (exact) mass is 530 g/mol. The molecule has 0 aliphatic carbocycles. The molecule has 0 bridgehead atoms. The molecule has 0 aromatic heterocycles. The Labute approximate surface area is 217 Å². The Balaban J connectivity index is 1.94. The molecule has 0 atom stereocenters. The molecule has 0 radical (unpaired) electrons. The smallest absolute Gasteiger partial charge is 0.317 e. The summed E-state index contributed by atoms with van der Waals surface area (Å²) in [6.07, 6.45) is 0.829. The Kier molecular flexibility index (Phi) is 13.7. The molecule has 0 amide bonds. The van der Waals surface area contributed by atoms with Gasteiger partial charge >= 0.3 is 23.9 Å². The molecule has 0 spiro atoms. The largest absolute Gasteiger partial charge is 0.480 e. The zero-order chi connectivity index (χ0) is 27.2. The molecule has 212 valence electrons. The molecule has 0 aromatic carbocycles. The van der Waals surface area contributed by atoms with Gasteiger partial charge in [0.25, 0.3) is 0 Å². The highest BCUT2D eigenvalue weighted by Gasteiger charge is 2.21. The van der Waals surface area contributed by atoms with Crippen LogP contribution in [0.2, 0.25) is 0 Å². The van der Waals surface area contributed by atoms with Crippen LogP contribution in [0.25, 0.3) is 0 Å². The summed E-state index contributed by atoms with van der Waals surface area (Å²) in [5.41, 5.74) is 0. The highest BCUT2D eigenvalue weighted by Crippen LogP contribution is 2.05. The topological polar surface area (TPSA) is 169 Å². The molecule has 0 unspecified atom stereocenters. The average Bonchev–Trinajstić information content (AvgIpc) is 2.94. The van der Waals surface area contributed by atoms with Crippen LogP contribution in [0.3, 0.4) is 0 Å². The number of aliphatic carboxylic acids is 4. The second-order valence-corrected chi connectivity index (χ2v) is 9.72. The van der Waals surface area contributed by atoms with Gasteiger partial charge in [0.1, 0.15) is 0 Å². The maximum atomic E-state index is 11.2. The van der Waals surface area contributed by atoms with E-state index < -0.39 is 23.9 Å². The standard InChI is InChI=1S/C23H42N6O8/c30-20(31)16-26-8-4-24(5-9-27(13-12-26)17-21(32)33)2-1-3-25-6-10-28(18-22(34)35)14-15-29(11-7-25)19-23(36)37/h1-19H2,(H,30,31)(H,32,33)(H,34,35)(H,36,37).